The van der Waals surface area contributed by atoms with Crippen LogP contribution in [-0.4, -0.2) is 41.5 Å². The molecule has 226 valence electrons. The fraction of sp³-hybridized carbons (Fsp3) is 0.250. The molecule has 0 saturated heterocycles. The van der Waals surface area contributed by atoms with E-state index in [1.54, 1.807) is 36.4 Å². The molecule has 5 nitrogen and oxygen atoms in total. The van der Waals surface area contributed by atoms with Gasteiger partial charge in [-0.05, 0) is 46.5 Å². The highest BCUT2D eigenvalue weighted by Crippen LogP contribution is 2.36. The minimum absolute atomic E-state index is 0.0468. The van der Waals surface area contributed by atoms with Gasteiger partial charge in [-0.1, -0.05) is 72.8 Å². The Morgan fingerprint density at radius 3 is 1.98 bits per heavy atom. The SMILES string of the molecule is CN(C(=O)c1cc(C(F)(F)F)cc(C(F)(F)F)c1)C(CC(=O)NCC(O)c1ccccc1)Cc1ccc2ccccc2c1. The Kier molecular flexibility index (Phi) is 9.44. The molecular formula is C32H28F6N2O3. The fourth-order valence-corrected chi connectivity index (χ4v) is 4.72. The first kappa shape index (κ1) is 31.6. The van der Waals surface area contributed by atoms with Crippen LogP contribution < -0.4 is 5.32 Å². The number of amides is 2. The van der Waals surface area contributed by atoms with Gasteiger partial charge < -0.3 is 15.3 Å². The number of rotatable bonds is 9. The number of aliphatic hydroxyl groups excluding tert-OH is 1. The first-order valence-corrected chi connectivity index (χ1v) is 13.3. The van der Waals surface area contributed by atoms with E-state index in [1.165, 1.54) is 7.05 Å². The Morgan fingerprint density at radius 1 is 0.791 bits per heavy atom. The van der Waals surface area contributed by atoms with Crippen LogP contribution in [0, 0.1) is 0 Å². The number of fused-ring (bicyclic) bond motifs is 1. The van der Waals surface area contributed by atoms with Gasteiger partial charge in [-0.15, -0.1) is 0 Å². The van der Waals surface area contributed by atoms with Gasteiger partial charge in [-0.25, -0.2) is 0 Å². The van der Waals surface area contributed by atoms with Crippen molar-refractivity contribution in [3.63, 3.8) is 0 Å². The van der Waals surface area contributed by atoms with Gasteiger partial charge in [0.05, 0.1) is 17.2 Å². The summed E-state index contributed by atoms with van der Waals surface area (Å²) in [7, 11) is 1.23. The van der Waals surface area contributed by atoms with Crippen LogP contribution in [0.5, 0.6) is 0 Å². The molecule has 43 heavy (non-hydrogen) atoms. The zero-order valence-corrected chi connectivity index (χ0v) is 22.9. The topological polar surface area (TPSA) is 69.6 Å². The third-order valence-corrected chi connectivity index (χ3v) is 7.09. The lowest BCUT2D eigenvalue weighted by molar-refractivity contribution is -0.143. The monoisotopic (exact) mass is 602 g/mol. The number of likely N-dealkylation sites (N-methyl/N-ethyl adjacent to an activating group) is 1. The molecule has 2 atom stereocenters. The van der Waals surface area contributed by atoms with Gasteiger partial charge >= 0.3 is 12.4 Å². The summed E-state index contributed by atoms with van der Waals surface area (Å²) < 4.78 is 80.7. The molecule has 0 aliphatic rings. The second-order valence-corrected chi connectivity index (χ2v) is 10.2. The number of nitrogens with one attached hydrogen (secondary N) is 1. The summed E-state index contributed by atoms with van der Waals surface area (Å²) in [4.78, 5) is 27.4. The maximum Gasteiger partial charge on any atom is 0.416 e. The van der Waals surface area contributed by atoms with Crippen molar-refractivity contribution in [3.8, 4) is 0 Å². The number of hydrogen-bond acceptors (Lipinski definition) is 3. The van der Waals surface area contributed by atoms with Gasteiger partial charge in [0, 0.05) is 31.6 Å². The second-order valence-electron chi connectivity index (χ2n) is 10.2. The maximum atomic E-state index is 13.5. The molecule has 0 radical (unpaired) electrons. The Bertz CT molecular complexity index is 1560. The van der Waals surface area contributed by atoms with Crippen LogP contribution in [0.3, 0.4) is 0 Å². The molecule has 2 unspecified atom stereocenters. The molecular weight excluding hydrogens is 574 g/mol. The maximum absolute atomic E-state index is 13.5. The highest BCUT2D eigenvalue weighted by atomic mass is 19.4. The van der Waals surface area contributed by atoms with Crippen molar-refractivity contribution in [1.29, 1.82) is 0 Å². The molecule has 0 saturated carbocycles. The quantitative estimate of drug-likeness (QED) is 0.207. The lowest BCUT2D eigenvalue weighted by Crippen LogP contribution is -2.42. The van der Waals surface area contributed by atoms with Crippen LogP contribution in [0.1, 0.15) is 45.1 Å². The summed E-state index contributed by atoms with van der Waals surface area (Å²) in [5.74, 6) is -1.68. The van der Waals surface area contributed by atoms with E-state index in [0.29, 0.717) is 23.3 Å². The van der Waals surface area contributed by atoms with Crippen LogP contribution in [0.25, 0.3) is 10.8 Å². The summed E-state index contributed by atoms with van der Waals surface area (Å²) in [5, 5.41) is 14.8. The van der Waals surface area contributed by atoms with Gasteiger partial charge in [0.25, 0.3) is 5.91 Å². The Labute approximate surface area is 243 Å². The van der Waals surface area contributed by atoms with Crippen LogP contribution in [0.2, 0.25) is 0 Å². The Hall–Kier alpha value is -4.38. The standard InChI is InChI=1S/C32H28F6N2O3/c1-40(30(43)24-15-25(31(33,34)35)17-26(16-24)32(36,37)38)27(14-20-11-12-21-7-5-6-10-23(21)13-20)18-29(42)39-19-28(41)22-8-3-2-4-9-22/h2-13,15-17,27-28,41H,14,18-19H2,1H3,(H,39,42). The molecule has 0 spiro atoms. The van der Waals surface area contributed by atoms with Gasteiger partial charge in [-0.2, -0.15) is 26.3 Å². The first-order valence-electron chi connectivity index (χ1n) is 13.3. The van der Waals surface area contributed by atoms with Crippen LogP contribution in [-0.2, 0) is 23.6 Å². The van der Waals surface area contributed by atoms with E-state index in [1.807, 2.05) is 36.4 Å². The van der Waals surface area contributed by atoms with Crippen molar-refractivity contribution in [2.24, 2.45) is 0 Å². The van der Waals surface area contributed by atoms with E-state index in [0.717, 1.165) is 15.7 Å². The van der Waals surface area contributed by atoms with Gasteiger partial charge in [-0.3, -0.25) is 9.59 Å². The molecule has 0 aromatic heterocycles. The van der Waals surface area contributed by atoms with Crippen molar-refractivity contribution in [3.05, 3.63) is 119 Å². The molecule has 11 heteroatoms. The number of alkyl halides is 6. The zero-order chi connectivity index (χ0) is 31.4. The van der Waals surface area contributed by atoms with E-state index in [9.17, 15) is 41.0 Å². The normalized spacial score (nSPS) is 13.4. The van der Waals surface area contributed by atoms with E-state index < -0.39 is 53.0 Å². The van der Waals surface area contributed by atoms with E-state index in [4.69, 9.17) is 0 Å². The molecule has 0 fully saturated rings. The predicted molar refractivity (Wildman–Crippen MR) is 149 cm³/mol. The average molecular weight is 603 g/mol. The van der Waals surface area contributed by atoms with E-state index in [-0.39, 0.29) is 25.5 Å². The summed E-state index contributed by atoms with van der Waals surface area (Å²) >= 11 is 0. The molecule has 0 aliphatic heterocycles. The highest BCUT2D eigenvalue weighted by molar-refractivity contribution is 5.95. The van der Waals surface area contributed by atoms with Crippen molar-refractivity contribution in [1.82, 2.24) is 10.2 Å². The lowest BCUT2D eigenvalue weighted by atomic mass is 9.97. The van der Waals surface area contributed by atoms with Crippen molar-refractivity contribution >= 4 is 22.6 Å². The van der Waals surface area contributed by atoms with Crippen molar-refractivity contribution in [2.75, 3.05) is 13.6 Å². The molecule has 4 aromatic rings. The van der Waals surface area contributed by atoms with Gasteiger partial charge in [0.2, 0.25) is 5.91 Å². The molecule has 0 heterocycles. The summed E-state index contributed by atoms with van der Waals surface area (Å²) in [6.45, 7) is -0.147. The minimum atomic E-state index is -5.13. The Morgan fingerprint density at radius 2 is 1.37 bits per heavy atom. The highest BCUT2D eigenvalue weighted by Gasteiger charge is 2.38. The molecule has 2 N–H and O–H groups in total. The number of carbonyl (C=O) groups excluding carboxylic acids is 2. The van der Waals surface area contributed by atoms with Gasteiger partial charge in [0.15, 0.2) is 0 Å². The fourth-order valence-electron chi connectivity index (χ4n) is 4.72. The number of nitrogens with zero attached hydrogens (tertiary/aromatic N) is 1. The lowest BCUT2D eigenvalue weighted by Gasteiger charge is -2.29. The van der Waals surface area contributed by atoms with E-state index >= 15 is 0 Å². The van der Waals surface area contributed by atoms with Crippen molar-refractivity contribution in [2.45, 2.75) is 37.3 Å². The Balaban J connectivity index is 1.62. The third-order valence-electron chi connectivity index (χ3n) is 7.09. The first-order chi connectivity index (χ1) is 20.2. The largest absolute Gasteiger partial charge is 0.416 e. The minimum Gasteiger partial charge on any atom is -0.387 e. The molecule has 2 amide bonds. The average Bonchev–Trinajstić information content (AvgIpc) is 2.98. The molecule has 0 bridgehead atoms. The molecule has 4 rings (SSSR count). The van der Waals surface area contributed by atoms with Crippen molar-refractivity contribution < 1.29 is 41.0 Å². The number of aliphatic hydroxyl groups is 1. The summed E-state index contributed by atoms with van der Waals surface area (Å²) in [5.41, 5.74) is -2.78. The van der Waals surface area contributed by atoms with E-state index in [2.05, 4.69) is 5.32 Å². The van der Waals surface area contributed by atoms with Gasteiger partial charge in [0.1, 0.15) is 0 Å². The van der Waals surface area contributed by atoms with Crippen LogP contribution >= 0.6 is 0 Å². The smallest absolute Gasteiger partial charge is 0.387 e. The predicted octanol–water partition coefficient (Wildman–Crippen LogP) is 6.80. The third kappa shape index (κ3) is 8.13. The number of carbonyl (C=O) groups is 2. The molecule has 0 aliphatic carbocycles. The number of hydrogen-bond donors (Lipinski definition) is 2. The zero-order valence-electron chi connectivity index (χ0n) is 22.9. The summed E-state index contributed by atoms with van der Waals surface area (Å²) in [6.07, 6.45) is -11.5. The van der Waals surface area contributed by atoms with Crippen LogP contribution in [0.15, 0.2) is 91.0 Å². The second kappa shape index (κ2) is 12.9. The van der Waals surface area contributed by atoms with Crippen LogP contribution in [0.4, 0.5) is 26.3 Å². The molecule has 4 aromatic carbocycles. The summed E-state index contributed by atoms with van der Waals surface area (Å²) in [6, 6.07) is 21.2. The number of benzene rings is 4. The number of halogens is 6.